The predicted molar refractivity (Wildman–Crippen MR) is 84.2 cm³/mol. The van der Waals surface area contributed by atoms with E-state index in [2.05, 4.69) is 22.8 Å². The maximum atomic E-state index is 5.48. The molecule has 1 aliphatic rings. The molecule has 2 unspecified atom stereocenters. The minimum Gasteiger partial charge on any atom is -0.381 e. The summed E-state index contributed by atoms with van der Waals surface area (Å²) in [5.41, 5.74) is 2.23. The fourth-order valence-electron chi connectivity index (χ4n) is 2.75. The highest BCUT2D eigenvalue weighted by Gasteiger charge is 2.22. The molecule has 1 saturated carbocycles. The van der Waals surface area contributed by atoms with E-state index < -0.39 is 0 Å². The molecule has 2 aromatic rings. The Hall–Kier alpha value is -1.39. The van der Waals surface area contributed by atoms with E-state index in [9.17, 15) is 0 Å². The van der Waals surface area contributed by atoms with E-state index >= 15 is 0 Å². The second kappa shape index (κ2) is 6.37. The lowest BCUT2D eigenvalue weighted by Gasteiger charge is -2.28. The molecular weight excluding hydrogens is 268 g/mol. The van der Waals surface area contributed by atoms with Gasteiger partial charge < -0.3 is 10.1 Å². The van der Waals surface area contributed by atoms with E-state index in [1.807, 2.05) is 25.3 Å². The van der Waals surface area contributed by atoms with Crippen LogP contribution in [0.15, 0.2) is 35.7 Å². The van der Waals surface area contributed by atoms with Crippen LogP contribution in [0.3, 0.4) is 0 Å². The van der Waals surface area contributed by atoms with Gasteiger partial charge in [0.05, 0.1) is 11.8 Å². The summed E-state index contributed by atoms with van der Waals surface area (Å²) < 4.78 is 5.48. The Balaban J connectivity index is 1.65. The minimum atomic E-state index is 0.398. The van der Waals surface area contributed by atoms with Crippen LogP contribution < -0.4 is 5.32 Å². The monoisotopic (exact) mass is 288 g/mol. The first kappa shape index (κ1) is 13.6. The molecule has 20 heavy (non-hydrogen) atoms. The van der Waals surface area contributed by atoms with E-state index in [-0.39, 0.29) is 0 Å². The van der Waals surface area contributed by atoms with E-state index in [0.717, 1.165) is 17.2 Å². The molecule has 3 rings (SSSR count). The molecule has 0 saturated heterocycles. The normalized spacial score (nSPS) is 22.6. The summed E-state index contributed by atoms with van der Waals surface area (Å²) in [6, 6.07) is 10.8. The van der Waals surface area contributed by atoms with Gasteiger partial charge in [0, 0.05) is 24.1 Å². The number of aromatic nitrogens is 1. The molecule has 1 N–H and O–H groups in total. The number of rotatable bonds is 4. The average molecular weight is 288 g/mol. The maximum absolute atomic E-state index is 5.48. The van der Waals surface area contributed by atoms with Crippen LogP contribution >= 0.6 is 11.3 Å². The first-order valence-electron chi connectivity index (χ1n) is 7.15. The number of hydrogen-bond acceptors (Lipinski definition) is 4. The highest BCUT2D eigenvalue weighted by atomic mass is 32.1. The van der Waals surface area contributed by atoms with Crippen molar-refractivity contribution in [1.82, 2.24) is 4.98 Å². The topological polar surface area (TPSA) is 34.1 Å². The molecule has 0 radical (unpaired) electrons. The van der Waals surface area contributed by atoms with Gasteiger partial charge in [0.15, 0.2) is 5.13 Å². The lowest BCUT2D eigenvalue weighted by molar-refractivity contribution is 0.0669. The fourth-order valence-corrected chi connectivity index (χ4v) is 3.54. The van der Waals surface area contributed by atoms with Gasteiger partial charge in [0.1, 0.15) is 0 Å². The molecule has 0 aliphatic heterocycles. The largest absolute Gasteiger partial charge is 0.381 e. The van der Waals surface area contributed by atoms with Crippen molar-refractivity contribution in [2.45, 2.75) is 37.8 Å². The second-order valence-corrected chi connectivity index (χ2v) is 6.13. The zero-order valence-corrected chi connectivity index (χ0v) is 12.5. The van der Waals surface area contributed by atoms with Crippen LogP contribution in [0.25, 0.3) is 11.3 Å². The number of hydrogen-bond donors (Lipinski definition) is 1. The quantitative estimate of drug-likeness (QED) is 0.916. The lowest BCUT2D eigenvalue weighted by Crippen LogP contribution is -2.30. The summed E-state index contributed by atoms with van der Waals surface area (Å²) in [5, 5.41) is 6.70. The number of ether oxygens (including phenoxy) is 1. The van der Waals surface area contributed by atoms with E-state index in [4.69, 9.17) is 9.72 Å². The van der Waals surface area contributed by atoms with Crippen molar-refractivity contribution in [2.75, 3.05) is 12.4 Å². The van der Waals surface area contributed by atoms with Crippen molar-refractivity contribution in [3.8, 4) is 11.3 Å². The van der Waals surface area contributed by atoms with Gasteiger partial charge in [0.2, 0.25) is 0 Å². The average Bonchev–Trinajstić information content (AvgIpc) is 2.97. The van der Waals surface area contributed by atoms with Gasteiger partial charge in [-0.15, -0.1) is 11.3 Å². The molecule has 1 fully saturated rings. The number of methoxy groups -OCH3 is 1. The first-order valence-corrected chi connectivity index (χ1v) is 8.03. The van der Waals surface area contributed by atoms with Gasteiger partial charge in [0.25, 0.3) is 0 Å². The SMILES string of the molecule is COC1CCCC(Nc2nc(-c3ccccc3)cs2)C1. The molecule has 1 heterocycles. The third kappa shape index (κ3) is 3.19. The Kier molecular flexibility index (Phi) is 4.33. The summed E-state index contributed by atoms with van der Waals surface area (Å²) in [5.74, 6) is 0. The van der Waals surface area contributed by atoms with Crippen molar-refractivity contribution >= 4 is 16.5 Å². The Bertz CT molecular complexity index is 540. The number of thiazole rings is 1. The van der Waals surface area contributed by atoms with E-state index in [1.165, 1.54) is 24.8 Å². The first-order chi connectivity index (χ1) is 9.85. The number of nitrogens with zero attached hydrogens (tertiary/aromatic N) is 1. The molecule has 3 nitrogen and oxygen atoms in total. The molecule has 0 amide bonds. The molecule has 1 aromatic heterocycles. The number of benzene rings is 1. The van der Waals surface area contributed by atoms with Crippen molar-refractivity contribution in [3.05, 3.63) is 35.7 Å². The minimum absolute atomic E-state index is 0.398. The van der Waals surface area contributed by atoms with Crippen LogP contribution in [0.1, 0.15) is 25.7 Å². The smallest absolute Gasteiger partial charge is 0.183 e. The molecule has 4 heteroatoms. The van der Waals surface area contributed by atoms with Gasteiger partial charge >= 0.3 is 0 Å². The summed E-state index contributed by atoms with van der Waals surface area (Å²) in [4.78, 5) is 4.69. The molecule has 1 aromatic carbocycles. The highest BCUT2D eigenvalue weighted by Crippen LogP contribution is 2.28. The van der Waals surface area contributed by atoms with Crippen LogP contribution in [-0.4, -0.2) is 24.2 Å². The third-order valence-corrected chi connectivity index (χ3v) is 4.63. The molecule has 0 spiro atoms. The van der Waals surface area contributed by atoms with Crippen molar-refractivity contribution < 1.29 is 4.74 Å². The summed E-state index contributed by atoms with van der Waals surface area (Å²) in [7, 11) is 1.81. The molecule has 106 valence electrons. The zero-order chi connectivity index (χ0) is 13.8. The zero-order valence-electron chi connectivity index (χ0n) is 11.7. The van der Waals surface area contributed by atoms with Crippen LogP contribution in [0.4, 0.5) is 5.13 Å². The number of anilines is 1. The van der Waals surface area contributed by atoms with Gasteiger partial charge in [-0.2, -0.15) is 0 Å². The van der Waals surface area contributed by atoms with Crippen LogP contribution in [-0.2, 0) is 4.74 Å². The summed E-state index contributed by atoms with van der Waals surface area (Å²) >= 11 is 1.68. The Morgan fingerprint density at radius 3 is 2.90 bits per heavy atom. The van der Waals surface area contributed by atoms with Gasteiger partial charge in [-0.1, -0.05) is 30.3 Å². The predicted octanol–water partition coefficient (Wildman–Crippen LogP) is 4.18. The standard InChI is InChI=1S/C16H20N2OS/c1-19-14-9-5-8-13(10-14)17-16-18-15(11-20-16)12-6-3-2-4-7-12/h2-4,6-7,11,13-14H,5,8-10H2,1H3,(H,17,18). The van der Waals surface area contributed by atoms with Gasteiger partial charge in [-0.3, -0.25) is 0 Å². The van der Waals surface area contributed by atoms with Gasteiger partial charge in [-0.05, 0) is 25.7 Å². The number of nitrogens with one attached hydrogen (secondary N) is 1. The van der Waals surface area contributed by atoms with E-state index in [0.29, 0.717) is 12.1 Å². The Morgan fingerprint density at radius 2 is 2.10 bits per heavy atom. The van der Waals surface area contributed by atoms with Crippen molar-refractivity contribution in [2.24, 2.45) is 0 Å². The lowest BCUT2D eigenvalue weighted by atomic mass is 9.93. The fraction of sp³-hybridized carbons (Fsp3) is 0.438. The third-order valence-electron chi connectivity index (χ3n) is 3.86. The summed E-state index contributed by atoms with van der Waals surface area (Å²) in [6.07, 6.45) is 5.10. The van der Waals surface area contributed by atoms with Crippen molar-refractivity contribution in [3.63, 3.8) is 0 Å². The van der Waals surface area contributed by atoms with Crippen LogP contribution in [0, 0.1) is 0 Å². The molecule has 0 bridgehead atoms. The van der Waals surface area contributed by atoms with Crippen molar-refractivity contribution in [1.29, 1.82) is 0 Å². The summed E-state index contributed by atoms with van der Waals surface area (Å²) in [6.45, 7) is 0. The maximum Gasteiger partial charge on any atom is 0.183 e. The molecular formula is C16H20N2OS. The second-order valence-electron chi connectivity index (χ2n) is 5.27. The van der Waals surface area contributed by atoms with Crippen LogP contribution in [0.5, 0.6) is 0 Å². The van der Waals surface area contributed by atoms with Crippen LogP contribution in [0.2, 0.25) is 0 Å². The highest BCUT2D eigenvalue weighted by molar-refractivity contribution is 7.14. The Labute approximate surface area is 124 Å². The van der Waals surface area contributed by atoms with Gasteiger partial charge in [-0.25, -0.2) is 4.98 Å². The van der Waals surface area contributed by atoms with E-state index in [1.54, 1.807) is 11.3 Å². The molecule has 2 atom stereocenters. The Morgan fingerprint density at radius 1 is 1.25 bits per heavy atom. The molecule has 1 aliphatic carbocycles.